The van der Waals surface area contributed by atoms with Crippen LogP contribution in [0.3, 0.4) is 0 Å². The number of halogens is 5. The zero-order valence-corrected chi connectivity index (χ0v) is 25.5. The molecule has 1 atom stereocenters. The third-order valence-electron chi connectivity index (χ3n) is 7.33. The molecule has 3 aromatic carbocycles. The van der Waals surface area contributed by atoms with Gasteiger partial charge >= 0.3 is 6.18 Å². The van der Waals surface area contributed by atoms with Gasteiger partial charge in [-0.15, -0.1) is 0 Å². The summed E-state index contributed by atoms with van der Waals surface area (Å²) in [6.45, 7) is 0.341. The summed E-state index contributed by atoms with van der Waals surface area (Å²) in [5.41, 5.74) is -1.13. The summed E-state index contributed by atoms with van der Waals surface area (Å²) in [5.74, 6) is -1.30. The second kappa shape index (κ2) is 13.6. The van der Waals surface area contributed by atoms with Crippen LogP contribution in [0.25, 0.3) is 0 Å². The highest BCUT2D eigenvalue weighted by atomic mass is 35.5. The average Bonchev–Trinajstić information content (AvgIpc) is 3.48. The van der Waals surface area contributed by atoms with Gasteiger partial charge in [-0.1, -0.05) is 66.4 Å². The maximum Gasteiger partial charge on any atom is 0.416 e. The maximum absolute atomic E-state index is 14.0. The Morgan fingerprint density at radius 3 is 2.16 bits per heavy atom. The van der Waals surface area contributed by atoms with Crippen molar-refractivity contribution in [1.82, 2.24) is 10.2 Å². The number of rotatable bonds is 10. The minimum absolute atomic E-state index is 0.0594. The minimum atomic E-state index is -4.76. The molecular formula is C30H30Cl2F3N3O4S. The summed E-state index contributed by atoms with van der Waals surface area (Å²) in [4.78, 5) is 28.2. The van der Waals surface area contributed by atoms with E-state index in [0.29, 0.717) is 15.9 Å². The van der Waals surface area contributed by atoms with Crippen LogP contribution < -0.4 is 9.62 Å². The van der Waals surface area contributed by atoms with Gasteiger partial charge in [-0.3, -0.25) is 13.9 Å². The number of nitrogens with one attached hydrogen (secondary N) is 1. The molecule has 0 saturated heterocycles. The summed E-state index contributed by atoms with van der Waals surface area (Å²) in [5, 5.41) is 3.38. The van der Waals surface area contributed by atoms with Crippen LogP contribution in [-0.2, 0) is 32.3 Å². The summed E-state index contributed by atoms with van der Waals surface area (Å²) in [6.07, 6.45) is -1.26. The molecule has 1 saturated carbocycles. The van der Waals surface area contributed by atoms with Crippen molar-refractivity contribution < 1.29 is 31.2 Å². The van der Waals surface area contributed by atoms with Crippen molar-refractivity contribution in [2.24, 2.45) is 0 Å². The largest absolute Gasteiger partial charge is 0.416 e. The fourth-order valence-electron chi connectivity index (χ4n) is 4.91. The average molecular weight is 657 g/mol. The van der Waals surface area contributed by atoms with Crippen LogP contribution in [0.4, 0.5) is 18.9 Å². The molecule has 0 radical (unpaired) electrons. The Bertz CT molecular complexity index is 1550. The lowest BCUT2D eigenvalue weighted by Crippen LogP contribution is -2.52. The Balaban J connectivity index is 1.75. The highest BCUT2D eigenvalue weighted by molar-refractivity contribution is 7.92. The zero-order valence-electron chi connectivity index (χ0n) is 23.2. The van der Waals surface area contributed by atoms with E-state index in [1.54, 1.807) is 24.3 Å². The minimum Gasteiger partial charge on any atom is -0.352 e. The van der Waals surface area contributed by atoms with E-state index in [1.807, 2.05) is 0 Å². The molecule has 43 heavy (non-hydrogen) atoms. The SMILES string of the molecule is C[C@H](C(=O)NC1CCCC1)N(Cc1c(Cl)cccc1Cl)C(=O)CN(c1cccc(C(F)(F)F)c1)S(=O)(=O)c1ccccc1. The second-order valence-electron chi connectivity index (χ2n) is 10.3. The molecule has 230 valence electrons. The zero-order chi connectivity index (χ0) is 31.4. The molecular weight excluding hydrogens is 626 g/mol. The second-order valence-corrected chi connectivity index (χ2v) is 12.9. The molecule has 13 heteroatoms. The molecule has 1 fully saturated rings. The lowest BCUT2D eigenvalue weighted by atomic mass is 10.1. The third kappa shape index (κ3) is 7.82. The van der Waals surface area contributed by atoms with E-state index in [-0.39, 0.29) is 33.2 Å². The first-order valence-electron chi connectivity index (χ1n) is 13.6. The lowest BCUT2D eigenvalue weighted by molar-refractivity contribution is -0.139. The Labute approximate surface area is 258 Å². The van der Waals surface area contributed by atoms with Crippen LogP contribution in [0.1, 0.15) is 43.7 Å². The molecule has 2 amide bonds. The number of hydrogen-bond donors (Lipinski definition) is 1. The van der Waals surface area contributed by atoms with Crippen molar-refractivity contribution in [1.29, 1.82) is 0 Å². The number of sulfonamides is 1. The molecule has 4 rings (SSSR count). The number of amides is 2. The first-order valence-corrected chi connectivity index (χ1v) is 15.8. The van der Waals surface area contributed by atoms with Crippen LogP contribution in [0, 0.1) is 0 Å². The van der Waals surface area contributed by atoms with Crippen molar-refractivity contribution in [3.63, 3.8) is 0 Å². The molecule has 0 bridgehead atoms. The third-order valence-corrected chi connectivity index (χ3v) is 9.83. The predicted molar refractivity (Wildman–Crippen MR) is 159 cm³/mol. The molecule has 3 aromatic rings. The van der Waals surface area contributed by atoms with E-state index in [4.69, 9.17) is 23.2 Å². The van der Waals surface area contributed by atoms with Crippen molar-refractivity contribution in [3.05, 3.63) is 94.0 Å². The molecule has 0 spiro atoms. The first-order chi connectivity index (χ1) is 20.3. The van der Waals surface area contributed by atoms with Crippen molar-refractivity contribution >= 4 is 50.7 Å². The number of carbonyl (C=O) groups is 2. The van der Waals surface area contributed by atoms with Crippen LogP contribution in [0.15, 0.2) is 77.7 Å². The van der Waals surface area contributed by atoms with Crippen molar-refractivity contribution in [2.75, 3.05) is 10.8 Å². The van der Waals surface area contributed by atoms with Crippen LogP contribution in [0.5, 0.6) is 0 Å². The van der Waals surface area contributed by atoms with E-state index < -0.39 is 46.2 Å². The molecule has 1 aliphatic carbocycles. The Morgan fingerprint density at radius 2 is 1.56 bits per heavy atom. The smallest absolute Gasteiger partial charge is 0.352 e. The summed E-state index contributed by atoms with van der Waals surface area (Å²) < 4.78 is 69.0. The molecule has 1 aliphatic rings. The summed E-state index contributed by atoms with van der Waals surface area (Å²) >= 11 is 12.8. The summed E-state index contributed by atoms with van der Waals surface area (Å²) in [7, 11) is -4.53. The standard InChI is InChI=1S/C30H30Cl2F3N3O4S/c1-20(29(40)36-22-10-5-6-11-22)37(18-25-26(31)15-8-16-27(25)32)28(39)19-38(43(41,42)24-13-3-2-4-14-24)23-12-7-9-21(17-23)30(33,34)35/h2-4,7-9,12-17,20,22H,5-6,10-11,18-19H2,1H3,(H,36,40)/t20-/m1/s1. The fraction of sp³-hybridized carbons (Fsp3) is 0.333. The topological polar surface area (TPSA) is 86.8 Å². The quantitative estimate of drug-likeness (QED) is 0.264. The highest BCUT2D eigenvalue weighted by Gasteiger charge is 2.36. The monoisotopic (exact) mass is 655 g/mol. The lowest BCUT2D eigenvalue weighted by Gasteiger charge is -2.33. The molecule has 0 aliphatic heterocycles. The van der Waals surface area contributed by atoms with Gasteiger partial charge in [0.25, 0.3) is 10.0 Å². The van der Waals surface area contributed by atoms with Crippen LogP contribution in [0.2, 0.25) is 10.0 Å². The number of hydrogen-bond acceptors (Lipinski definition) is 4. The van der Waals surface area contributed by atoms with Gasteiger partial charge in [-0.2, -0.15) is 13.2 Å². The van der Waals surface area contributed by atoms with E-state index in [1.165, 1.54) is 37.3 Å². The van der Waals surface area contributed by atoms with E-state index in [9.17, 15) is 31.2 Å². The highest BCUT2D eigenvalue weighted by Crippen LogP contribution is 2.34. The van der Waals surface area contributed by atoms with Crippen LogP contribution >= 0.6 is 23.2 Å². The van der Waals surface area contributed by atoms with Crippen LogP contribution in [-0.4, -0.2) is 43.8 Å². The van der Waals surface area contributed by atoms with E-state index in [2.05, 4.69) is 5.32 Å². The number of anilines is 1. The number of carbonyl (C=O) groups excluding carboxylic acids is 2. The molecule has 0 unspecified atom stereocenters. The van der Waals surface area contributed by atoms with Gasteiger partial charge in [0.15, 0.2) is 0 Å². The van der Waals surface area contributed by atoms with Gasteiger partial charge in [0.2, 0.25) is 11.8 Å². The predicted octanol–water partition coefficient (Wildman–Crippen LogP) is 6.68. The van der Waals surface area contributed by atoms with Gasteiger partial charge in [0.05, 0.1) is 16.1 Å². The van der Waals surface area contributed by atoms with Gasteiger partial charge in [-0.25, -0.2) is 8.42 Å². The molecule has 7 nitrogen and oxygen atoms in total. The van der Waals surface area contributed by atoms with Crippen molar-refractivity contribution in [2.45, 2.75) is 62.3 Å². The van der Waals surface area contributed by atoms with E-state index in [0.717, 1.165) is 42.7 Å². The Hall–Kier alpha value is -3.28. The van der Waals surface area contributed by atoms with Crippen molar-refractivity contribution in [3.8, 4) is 0 Å². The van der Waals surface area contributed by atoms with Gasteiger partial charge in [0.1, 0.15) is 12.6 Å². The Kier molecular flexibility index (Phi) is 10.3. The maximum atomic E-state index is 14.0. The first kappa shape index (κ1) is 32.6. The van der Waals surface area contributed by atoms with Gasteiger partial charge in [-0.05, 0) is 62.2 Å². The molecule has 1 N–H and O–H groups in total. The fourth-order valence-corrected chi connectivity index (χ4v) is 6.86. The normalized spacial score (nSPS) is 14.7. The number of nitrogens with zero attached hydrogens (tertiary/aromatic N) is 2. The number of benzene rings is 3. The molecule has 0 heterocycles. The van der Waals surface area contributed by atoms with Gasteiger partial charge in [0, 0.05) is 28.2 Å². The summed E-state index contributed by atoms with van der Waals surface area (Å²) in [6, 6.07) is 14.3. The molecule has 0 aromatic heterocycles. The number of alkyl halides is 3. The Morgan fingerprint density at radius 1 is 0.953 bits per heavy atom. The van der Waals surface area contributed by atoms with Gasteiger partial charge < -0.3 is 10.2 Å². The van der Waals surface area contributed by atoms with E-state index >= 15 is 0 Å².